The lowest BCUT2D eigenvalue weighted by atomic mass is 9.91. The zero-order chi connectivity index (χ0) is 20.3. The van der Waals surface area contributed by atoms with Crippen LogP contribution in [0.25, 0.3) is 22.0 Å². The number of carbonyl (C=O) groups is 1. The summed E-state index contributed by atoms with van der Waals surface area (Å²) in [5.74, 6) is 0.00889. The molecule has 1 amide bonds. The Balaban J connectivity index is 2.28. The van der Waals surface area contributed by atoms with Gasteiger partial charge < -0.3 is 16.2 Å². The van der Waals surface area contributed by atoms with Crippen LogP contribution in [0.5, 0.6) is 5.75 Å². The Morgan fingerprint density at radius 1 is 1.21 bits per heavy atom. The highest BCUT2D eigenvalue weighted by molar-refractivity contribution is 5.97. The van der Waals surface area contributed by atoms with Crippen molar-refractivity contribution in [1.29, 1.82) is 0 Å². The first-order valence-electron chi connectivity index (χ1n) is 9.21. The normalized spacial score (nSPS) is 11.2. The average molecular weight is 381 g/mol. The molecule has 0 bridgehead atoms. The van der Waals surface area contributed by atoms with Gasteiger partial charge in [-0.3, -0.25) is 9.78 Å². The number of aromatic nitrogens is 1. The van der Waals surface area contributed by atoms with E-state index in [0.717, 1.165) is 39.7 Å². The maximum Gasteiger partial charge on any atom is 0.255 e. The second-order valence-electron chi connectivity index (χ2n) is 7.16. The number of ether oxygens (including phenoxy) is 1. The van der Waals surface area contributed by atoms with Crippen molar-refractivity contribution in [1.82, 2.24) is 4.98 Å². The van der Waals surface area contributed by atoms with Crippen LogP contribution < -0.4 is 16.2 Å². The summed E-state index contributed by atoms with van der Waals surface area (Å²) in [7, 11) is 0. The highest BCUT2D eigenvalue weighted by Gasteiger charge is 2.18. The molecule has 146 valence electrons. The number of benzene rings is 2. The first-order chi connectivity index (χ1) is 13.4. The van der Waals surface area contributed by atoms with Gasteiger partial charge in [0.2, 0.25) is 0 Å². The third-order valence-corrected chi connectivity index (χ3v) is 4.44. The largest absolute Gasteiger partial charge is 0.484 e. The van der Waals surface area contributed by atoms with Crippen molar-refractivity contribution in [3.8, 4) is 16.9 Å². The minimum atomic E-state index is -0.557. The number of pyridine rings is 1. The number of primary amides is 1. The number of fused-ring (bicyclic) bond motifs is 1. The van der Waals surface area contributed by atoms with Crippen LogP contribution in [0.15, 0.2) is 42.5 Å². The first-order valence-corrected chi connectivity index (χ1v) is 9.21. The molecule has 0 atom stereocenters. The summed E-state index contributed by atoms with van der Waals surface area (Å²) < 4.78 is 19.4. The van der Waals surface area contributed by atoms with Gasteiger partial charge >= 0.3 is 0 Å². The quantitative estimate of drug-likeness (QED) is 0.655. The smallest absolute Gasteiger partial charge is 0.255 e. The van der Waals surface area contributed by atoms with E-state index in [4.69, 9.17) is 21.2 Å². The van der Waals surface area contributed by atoms with Crippen molar-refractivity contribution in [2.24, 2.45) is 17.4 Å². The summed E-state index contributed by atoms with van der Waals surface area (Å²) in [6.07, 6.45) is 0.769. The van der Waals surface area contributed by atoms with Crippen molar-refractivity contribution in [3.05, 3.63) is 59.5 Å². The third-order valence-electron chi connectivity index (χ3n) is 4.44. The Morgan fingerprint density at radius 2 is 2.00 bits per heavy atom. The van der Waals surface area contributed by atoms with Gasteiger partial charge in [0, 0.05) is 17.6 Å². The van der Waals surface area contributed by atoms with Crippen molar-refractivity contribution in [2.45, 2.75) is 26.8 Å². The zero-order valence-corrected chi connectivity index (χ0v) is 16.0. The van der Waals surface area contributed by atoms with E-state index in [0.29, 0.717) is 11.7 Å². The molecular formula is C22H24FN3O2. The van der Waals surface area contributed by atoms with Gasteiger partial charge in [-0.1, -0.05) is 26.0 Å². The summed E-state index contributed by atoms with van der Waals surface area (Å²) >= 11 is 0. The Labute approximate surface area is 163 Å². The van der Waals surface area contributed by atoms with Crippen LogP contribution in [-0.2, 0) is 17.8 Å². The van der Waals surface area contributed by atoms with Gasteiger partial charge in [0.1, 0.15) is 11.6 Å². The van der Waals surface area contributed by atoms with Crippen LogP contribution in [0.4, 0.5) is 4.39 Å². The molecule has 0 fully saturated rings. The Hall–Kier alpha value is -2.99. The molecular weight excluding hydrogens is 357 g/mol. The van der Waals surface area contributed by atoms with E-state index in [2.05, 4.69) is 13.8 Å². The fraction of sp³-hybridized carbons (Fsp3) is 0.273. The molecule has 0 saturated carbocycles. The second kappa shape index (κ2) is 8.35. The molecule has 0 aliphatic carbocycles. The monoisotopic (exact) mass is 381 g/mol. The molecule has 2 aromatic carbocycles. The number of amides is 1. The molecule has 1 aromatic heterocycles. The van der Waals surface area contributed by atoms with Crippen molar-refractivity contribution in [3.63, 3.8) is 0 Å². The molecule has 0 aliphatic heterocycles. The molecule has 3 aromatic rings. The van der Waals surface area contributed by atoms with Gasteiger partial charge in [0.25, 0.3) is 5.91 Å². The van der Waals surface area contributed by atoms with Gasteiger partial charge in [-0.25, -0.2) is 4.39 Å². The summed E-state index contributed by atoms with van der Waals surface area (Å²) in [5.41, 5.74) is 15.4. The number of rotatable bonds is 7. The molecule has 3 rings (SSSR count). The van der Waals surface area contributed by atoms with Crippen LogP contribution in [0.3, 0.4) is 0 Å². The van der Waals surface area contributed by atoms with Crippen molar-refractivity contribution < 1.29 is 13.9 Å². The lowest BCUT2D eigenvalue weighted by Gasteiger charge is -2.18. The Bertz CT molecular complexity index is 1020. The van der Waals surface area contributed by atoms with E-state index < -0.39 is 5.91 Å². The average Bonchev–Trinajstić information content (AvgIpc) is 2.64. The first kappa shape index (κ1) is 19.8. The van der Waals surface area contributed by atoms with Gasteiger partial charge in [-0.05, 0) is 59.4 Å². The predicted molar refractivity (Wildman–Crippen MR) is 108 cm³/mol. The summed E-state index contributed by atoms with van der Waals surface area (Å²) in [6.45, 7) is 4.30. The van der Waals surface area contributed by atoms with Crippen molar-refractivity contribution in [2.75, 3.05) is 6.61 Å². The van der Waals surface area contributed by atoms with Gasteiger partial charge in [-0.2, -0.15) is 0 Å². The van der Waals surface area contributed by atoms with Crippen LogP contribution in [0, 0.1) is 11.7 Å². The van der Waals surface area contributed by atoms with Crippen LogP contribution >= 0.6 is 0 Å². The lowest BCUT2D eigenvalue weighted by molar-refractivity contribution is -0.119. The van der Waals surface area contributed by atoms with E-state index in [9.17, 15) is 9.18 Å². The van der Waals surface area contributed by atoms with Gasteiger partial charge in [0.15, 0.2) is 6.61 Å². The number of nitrogens with zero attached hydrogens (tertiary/aromatic N) is 1. The number of hydrogen-bond acceptors (Lipinski definition) is 4. The van der Waals surface area contributed by atoms with Gasteiger partial charge in [0.05, 0.1) is 5.52 Å². The maximum absolute atomic E-state index is 14.0. The van der Waals surface area contributed by atoms with E-state index in [1.54, 1.807) is 18.2 Å². The number of halogens is 1. The summed E-state index contributed by atoms with van der Waals surface area (Å²) in [5, 5.41) is 0.792. The Morgan fingerprint density at radius 3 is 2.64 bits per heavy atom. The summed E-state index contributed by atoms with van der Waals surface area (Å²) in [4.78, 5) is 15.8. The van der Waals surface area contributed by atoms with E-state index in [1.807, 2.05) is 12.1 Å². The second-order valence-corrected chi connectivity index (χ2v) is 7.16. The zero-order valence-electron chi connectivity index (χ0n) is 16.0. The standard InChI is InChI=1S/C22H24FN3O2/c1-13(2)8-20-18(11-24)22(14-4-3-5-15(23)9-14)17-10-16(28-12-21(25)27)6-7-19(17)26-20/h3-7,9-10,13H,8,11-12,24H2,1-2H3,(H2,25,27). The molecule has 0 unspecified atom stereocenters. The van der Waals surface area contributed by atoms with Crippen LogP contribution in [0.1, 0.15) is 25.1 Å². The molecule has 0 aliphatic rings. The topological polar surface area (TPSA) is 91.2 Å². The predicted octanol–water partition coefficient (Wildman–Crippen LogP) is 3.56. The molecule has 28 heavy (non-hydrogen) atoms. The minimum Gasteiger partial charge on any atom is -0.484 e. The molecule has 4 N–H and O–H groups in total. The van der Waals surface area contributed by atoms with E-state index in [1.165, 1.54) is 12.1 Å². The molecule has 0 radical (unpaired) electrons. The highest BCUT2D eigenvalue weighted by atomic mass is 19.1. The SMILES string of the molecule is CC(C)Cc1nc2ccc(OCC(N)=O)cc2c(-c2cccc(F)c2)c1CN. The van der Waals surface area contributed by atoms with E-state index in [-0.39, 0.29) is 19.0 Å². The third kappa shape index (κ3) is 4.28. The lowest BCUT2D eigenvalue weighted by Crippen LogP contribution is -2.20. The molecule has 0 spiro atoms. The van der Waals surface area contributed by atoms with Crippen molar-refractivity contribution >= 4 is 16.8 Å². The summed E-state index contributed by atoms with van der Waals surface area (Å²) in [6, 6.07) is 11.8. The van der Waals surface area contributed by atoms with Crippen LogP contribution in [0.2, 0.25) is 0 Å². The number of carbonyl (C=O) groups excluding carboxylic acids is 1. The molecule has 0 saturated heterocycles. The maximum atomic E-state index is 14.0. The molecule has 6 heteroatoms. The Kier molecular flexibility index (Phi) is 5.90. The molecule has 1 heterocycles. The van der Waals surface area contributed by atoms with Crippen LogP contribution in [-0.4, -0.2) is 17.5 Å². The fourth-order valence-electron chi connectivity index (χ4n) is 3.33. The number of nitrogens with two attached hydrogens (primary N) is 2. The number of hydrogen-bond donors (Lipinski definition) is 2. The van der Waals surface area contributed by atoms with Gasteiger partial charge in [-0.15, -0.1) is 0 Å². The fourth-order valence-corrected chi connectivity index (χ4v) is 3.33. The highest BCUT2D eigenvalue weighted by Crippen LogP contribution is 2.36. The van der Waals surface area contributed by atoms with E-state index >= 15 is 0 Å². The minimum absolute atomic E-state index is 0.219. The molecule has 5 nitrogen and oxygen atoms in total.